The van der Waals surface area contributed by atoms with Crippen LogP contribution in [0.25, 0.3) is 0 Å². The van der Waals surface area contributed by atoms with E-state index in [4.69, 9.17) is 14.2 Å². The Bertz CT molecular complexity index is 796. The van der Waals surface area contributed by atoms with E-state index < -0.39 is 18.0 Å². The molecule has 4 amide bonds. The summed E-state index contributed by atoms with van der Waals surface area (Å²) >= 11 is 0. The number of carbonyl (C=O) groups excluding carboxylic acids is 4. The average molecular weight is 407 g/mol. The number of benzene rings is 1. The number of ether oxygens (including phenoxy) is 3. The fourth-order valence-electron chi connectivity index (χ4n) is 2.74. The van der Waals surface area contributed by atoms with Gasteiger partial charge in [0.15, 0.2) is 17.6 Å². The van der Waals surface area contributed by atoms with Gasteiger partial charge in [-0.2, -0.15) is 0 Å². The van der Waals surface area contributed by atoms with Crippen LogP contribution in [0.4, 0.5) is 10.5 Å². The van der Waals surface area contributed by atoms with E-state index in [1.807, 2.05) is 0 Å². The minimum atomic E-state index is -1.02. The van der Waals surface area contributed by atoms with Gasteiger partial charge in [0.2, 0.25) is 5.91 Å². The Balaban J connectivity index is 1.79. The molecule has 29 heavy (non-hydrogen) atoms. The lowest BCUT2D eigenvalue weighted by Gasteiger charge is -2.16. The van der Waals surface area contributed by atoms with E-state index in [1.54, 1.807) is 18.2 Å². The largest absolute Gasteiger partial charge is 0.493 e. The lowest BCUT2D eigenvalue weighted by atomic mass is 10.2. The first-order valence-electron chi connectivity index (χ1n) is 9.04. The lowest BCUT2D eigenvalue weighted by molar-refractivity contribution is -0.153. The molecule has 1 fully saturated rings. The Hall–Kier alpha value is -3.30. The molecule has 1 saturated heterocycles. The van der Waals surface area contributed by atoms with E-state index in [2.05, 4.69) is 5.32 Å². The zero-order valence-electron chi connectivity index (χ0n) is 16.9. The standard InChI is InChI=1S/C19H25N3O7/c1-12(18(25)20-13-7-8-14(27-3)15(10-13)28-4)29-17(24)6-5-9-22-16(23)11-21(2)19(22)26/h7-8,10,12H,5-6,9,11H2,1-4H3,(H,20,25)/t12-/m1/s1. The number of urea groups is 1. The molecule has 1 atom stereocenters. The van der Waals surface area contributed by atoms with Gasteiger partial charge in [0.05, 0.1) is 14.2 Å². The molecule has 0 aliphatic carbocycles. The number of nitrogens with zero attached hydrogens (tertiary/aromatic N) is 2. The predicted molar refractivity (Wildman–Crippen MR) is 103 cm³/mol. The topological polar surface area (TPSA) is 114 Å². The highest BCUT2D eigenvalue weighted by atomic mass is 16.5. The van der Waals surface area contributed by atoms with Crippen LogP contribution in [0.5, 0.6) is 11.5 Å². The molecular weight excluding hydrogens is 382 g/mol. The van der Waals surface area contributed by atoms with Gasteiger partial charge in [0.25, 0.3) is 5.91 Å². The van der Waals surface area contributed by atoms with Gasteiger partial charge in [0, 0.05) is 31.8 Å². The Morgan fingerprint density at radius 3 is 2.45 bits per heavy atom. The van der Waals surface area contributed by atoms with Gasteiger partial charge in [-0.1, -0.05) is 0 Å². The van der Waals surface area contributed by atoms with Crippen molar-refractivity contribution in [2.45, 2.75) is 25.9 Å². The molecule has 0 radical (unpaired) electrons. The number of carbonyl (C=O) groups is 4. The van der Waals surface area contributed by atoms with E-state index >= 15 is 0 Å². The van der Waals surface area contributed by atoms with Gasteiger partial charge in [-0.25, -0.2) is 4.79 Å². The molecule has 0 bridgehead atoms. The maximum atomic E-state index is 12.2. The molecule has 1 aliphatic rings. The summed E-state index contributed by atoms with van der Waals surface area (Å²) in [5.41, 5.74) is 0.464. The number of hydrogen-bond acceptors (Lipinski definition) is 7. The Morgan fingerprint density at radius 1 is 1.17 bits per heavy atom. The second-order valence-electron chi connectivity index (χ2n) is 6.48. The first-order chi connectivity index (χ1) is 13.8. The van der Waals surface area contributed by atoms with E-state index in [-0.39, 0.29) is 37.9 Å². The van der Waals surface area contributed by atoms with Crippen molar-refractivity contribution in [3.63, 3.8) is 0 Å². The molecule has 1 heterocycles. The normalized spacial score (nSPS) is 14.6. The van der Waals surface area contributed by atoms with Crippen molar-refractivity contribution in [3.05, 3.63) is 18.2 Å². The first-order valence-corrected chi connectivity index (χ1v) is 9.04. The van der Waals surface area contributed by atoms with Crippen molar-refractivity contribution in [3.8, 4) is 11.5 Å². The van der Waals surface area contributed by atoms with Gasteiger partial charge in [-0.3, -0.25) is 19.3 Å². The van der Waals surface area contributed by atoms with Crippen LogP contribution in [-0.4, -0.2) is 74.1 Å². The monoisotopic (exact) mass is 407 g/mol. The van der Waals surface area contributed by atoms with E-state index in [0.29, 0.717) is 17.2 Å². The molecule has 10 heteroatoms. The van der Waals surface area contributed by atoms with Crippen LogP contribution in [0.3, 0.4) is 0 Å². The van der Waals surface area contributed by atoms with Crippen LogP contribution in [-0.2, 0) is 19.1 Å². The van der Waals surface area contributed by atoms with Crippen LogP contribution in [0.2, 0.25) is 0 Å². The van der Waals surface area contributed by atoms with Gasteiger partial charge >= 0.3 is 12.0 Å². The van der Waals surface area contributed by atoms with Gasteiger partial charge < -0.3 is 24.4 Å². The molecule has 0 saturated carbocycles. The quantitative estimate of drug-likeness (QED) is 0.484. The number of hydrogen-bond donors (Lipinski definition) is 1. The average Bonchev–Trinajstić information content (AvgIpc) is 2.93. The van der Waals surface area contributed by atoms with Gasteiger partial charge in [0.1, 0.15) is 6.54 Å². The highest BCUT2D eigenvalue weighted by molar-refractivity contribution is 6.01. The molecule has 2 rings (SSSR count). The van der Waals surface area contributed by atoms with Crippen LogP contribution in [0.15, 0.2) is 18.2 Å². The maximum Gasteiger partial charge on any atom is 0.326 e. The summed E-state index contributed by atoms with van der Waals surface area (Å²) in [7, 11) is 4.52. The van der Waals surface area contributed by atoms with Crippen molar-refractivity contribution < 1.29 is 33.4 Å². The van der Waals surface area contributed by atoms with Crippen molar-refractivity contribution in [1.29, 1.82) is 0 Å². The van der Waals surface area contributed by atoms with E-state index in [1.165, 1.54) is 33.1 Å². The smallest absolute Gasteiger partial charge is 0.326 e. The fraction of sp³-hybridized carbons (Fsp3) is 0.474. The molecule has 1 aliphatic heterocycles. The van der Waals surface area contributed by atoms with E-state index in [9.17, 15) is 19.2 Å². The van der Waals surface area contributed by atoms with Crippen LogP contribution in [0.1, 0.15) is 19.8 Å². The van der Waals surface area contributed by atoms with Crippen LogP contribution >= 0.6 is 0 Å². The molecule has 1 N–H and O–H groups in total. The zero-order chi connectivity index (χ0) is 21.6. The summed E-state index contributed by atoms with van der Waals surface area (Å²) in [4.78, 5) is 50.0. The molecular formula is C19H25N3O7. The SMILES string of the molecule is COc1ccc(NC(=O)[C@@H](C)OC(=O)CCCN2C(=O)CN(C)C2=O)cc1OC. The summed E-state index contributed by atoms with van der Waals surface area (Å²) in [6, 6.07) is 4.48. The number of amides is 4. The van der Waals surface area contributed by atoms with Gasteiger partial charge in [-0.15, -0.1) is 0 Å². The molecule has 0 aromatic heterocycles. The number of rotatable bonds is 9. The summed E-state index contributed by atoms with van der Waals surface area (Å²) in [5, 5.41) is 2.64. The predicted octanol–water partition coefficient (Wildman–Crippen LogP) is 1.25. The van der Waals surface area contributed by atoms with Crippen molar-refractivity contribution in [1.82, 2.24) is 9.80 Å². The highest BCUT2D eigenvalue weighted by Crippen LogP contribution is 2.29. The first kappa shape index (κ1) is 22.0. The Labute approximate surface area is 168 Å². The summed E-state index contributed by atoms with van der Waals surface area (Å²) < 4.78 is 15.4. The Kier molecular flexibility index (Phi) is 7.40. The second-order valence-corrected chi connectivity index (χ2v) is 6.48. The maximum absolute atomic E-state index is 12.2. The molecule has 1 aromatic carbocycles. The zero-order valence-corrected chi connectivity index (χ0v) is 16.9. The molecule has 158 valence electrons. The number of imide groups is 1. The highest BCUT2D eigenvalue weighted by Gasteiger charge is 2.33. The minimum Gasteiger partial charge on any atom is -0.493 e. The molecule has 1 aromatic rings. The summed E-state index contributed by atoms with van der Waals surface area (Å²) in [5.74, 6) is -0.421. The number of esters is 1. The third-order valence-corrected chi connectivity index (χ3v) is 4.32. The summed E-state index contributed by atoms with van der Waals surface area (Å²) in [6.45, 7) is 1.62. The minimum absolute atomic E-state index is 0.0191. The fourth-order valence-corrected chi connectivity index (χ4v) is 2.74. The third kappa shape index (κ3) is 5.59. The molecule has 0 unspecified atom stereocenters. The number of nitrogens with one attached hydrogen (secondary N) is 1. The Morgan fingerprint density at radius 2 is 1.86 bits per heavy atom. The number of methoxy groups -OCH3 is 2. The molecule has 0 spiro atoms. The molecule has 10 nitrogen and oxygen atoms in total. The van der Waals surface area contributed by atoms with Crippen LogP contribution < -0.4 is 14.8 Å². The van der Waals surface area contributed by atoms with Crippen molar-refractivity contribution >= 4 is 29.5 Å². The second kappa shape index (κ2) is 9.76. The number of likely N-dealkylation sites (N-methyl/N-ethyl adjacent to an activating group) is 1. The van der Waals surface area contributed by atoms with Crippen LogP contribution in [0, 0.1) is 0 Å². The van der Waals surface area contributed by atoms with Crippen molar-refractivity contribution in [2.75, 3.05) is 39.7 Å². The summed E-state index contributed by atoms with van der Waals surface area (Å²) in [6.07, 6.45) is -0.778. The number of anilines is 1. The third-order valence-electron chi connectivity index (χ3n) is 4.32. The lowest BCUT2D eigenvalue weighted by Crippen LogP contribution is -2.33. The van der Waals surface area contributed by atoms with E-state index in [0.717, 1.165) is 4.90 Å². The van der Waals surface area contributed by atoms with Crippen molar-refractivity contribution in [2.24, 2.45) is 0 Å². The van der Waals surface area contributed by atoms with Gasteiger partial charge in [-0.05, 0) is 25.5 Å².